The fourth-order valence-corrected chi connectivity index (χ4v) is 2.55. The van der Waals surface area contributed by atoms with Crippen LogP contribution in [0.4, 0.5) is 10.7 Å². The number of fused-ring (bicyclic) bond motifs is 1. The first kappa shape index (κ1) is 16.3. The monoisotopic (exact) mass is 334 g/mol. The summed E-state index contributed by atoms with van der Waals surface area (Å²) < 4.78 is 6.71. The number of hydrogen-bond acceptors (Lipinski definition) is 6. The van der Waals surface area contributed by atoms with Crippen LogP contribution in [0.3, 0.4) is 0 Å². The summed E-state index contributed by atoms with van der Waals surface area (Å²) in [6, 6.07) is 1.45. The molecule has 0 bridgehead atoms. The summed E-state index contributed by atoms with van der Waals surface area (Å²) in [6.07, 6.45) is -0.305. The van der Waals surface area contributed by atoms with Crippen LogP contribution >= 0.6 is 0 Å². The molecule has 1 aliphatic rings. The summed E-state index contributed by atoms with van der Waals surface area (Å²) >= 11 is 0. The third-order valence-electron chi connectivity index (χ3n) is 3.68. The topological polar surface area (TPSA) is 95.8 Å². The van der Waals surface area contributed by atoms with E-state index in [1.807, 2.05) is 25.7 Å². The van der Waals surface area contributed by atoms with Crippen molar-refractivity contribution in [1.29, 1.82) is 0 Å². The number of aromatic nitrogens is 4. The van der Waals surface area contributed by atoms with Gasteiger partial charge in [0.1, 0.15) is 5.60 Å². The fourth-order valence-electron chi connectivity index (χ4n) is 2.55. The predicted octanol–water partition coefficient (Wildman–Crippen LogP) is 0.783. The van der Waals surface area contributed by atoms with E-state index in [4.69, 9.17) is 4.74 Å². The van der Waals surface area contributed by atoms with Crippen molar-refractivity contribution in [3.8, 4) is 0 Å². The number of carbonyl (C=O) groups excluding carboxylic acids is 1. The highest BCUT2D eigenvalue weighted by atomic mass is 16.6. The molecule has 0 aromatic carbocycles. The Kier molecular flexibility index (Phi) is 3.94. The highest BCUT2D eigenvalue weighted by molar-refractivity contribution is 5.68. The smallest absolute Gasteiger partial charge is 0.410 e. The quantitative estimate of drug-likeness (QED) is 0.828. The minimum Gasteiger partial charge on any atom is -0.444 e. The van der Waals surface area contributed by atoms with Crippen molar-refractivity contribution >= 4 is 17.8 Å². The van der Waals surface area contributed by atoms with Gasteiger partial charge in [-0.2, -0.15) is 9.50 Å². The summed E-state index contributed by atoms with van der Waals surface area (Å²) in [6.45, 7) is 9.59. The first-order valence-electron chi connectivity index (χ1n) is 7.92. The standard InChI is InChI=1S/C15H22N6O3/c1-10-9-11(22)21-12(16-10)17-13(18-21)19-5-7-20(8-6-19)14(23)24-15(2,3)4/h9H,5-8H2,1-4H3,(H,16,17,18). The second-order valence-electron chi connectivity index (χ2n) is 6.87. The van der Waals surface area contributed by atoms with Gasteiger partial charge in [-0.05, 0) is 27.7 Å². The highest BCUT2D eigenvalue weighted by Crippen LogP contribution is 2.15. The van der Waals surface area contributed by atoms with Gasteiger partial charge in [-0.1, -0.05) is 0 Å². The van der Waals surface area contributed by atoms with Crippen LogP contribution in [0, 0.1) is 6.92 Å². The fraction of sp³-hybridized carbons (Fsp3) is 0.600. The van der Waals surface area contributed by atoms with Crippen molar-refractivity contribution in [3.05, 3.63) is 22.1 Å². The van der Waals surface area contributed by atoms with E-state index in [1.54, 1.807) is 11.8 Å². The zero-order chi connectivity index (χ0) is 17.5. The van der Waals surface area contributed by atoms with Gasteiger partial charge in [0.25, 0.3) is 11.3 Å². The second kappa shape index (κ2) is 5.81. The maximum Gasteiger partial charge on any atom is 0.410 e. The number of H-pyrrole nitrogens is 1. The number of aryl methyl sites for hydroxylation is 1. The number of rotatable bonds is 1. The Morgan fingerprint density at radius 3 is 2.50 bits per heavy atom. The number of ether oxygens (including phenoxy) is 1. The van der Waals surface area contributed by atoms with Gasteiger partial charge in [0.15, 0.2) is 0 Å². The van der Waals surface area contributed by atoms with Crippen molar-refractivity contribution in [2.24, 2.45) is 0 Å². The Morgan fingerprint density at radius 1 is 1.21 bits per heavy atom. The summed E-state index contributed by atoms with van der Waals surface area (Å²) in [5, 5.41) is 2.96. The van der Waals surface area contributed by atoms with Crippen LogP contribution < -0.4 is 10.5 Å². The largest absolute Gasteiger partial charge is 0.444 e. The number of nitrogens with one attached hydrogen (secondary N) is 1. The van der Waals surface area contributed by atoms with Crippen molar-refractivity contribution < 1.29 is 9.53 Å². The van der Waals surface area contributed by atoms with E-state index in [2.05, 4.69) is 15.1 Å². The zero-order valence-electron chi connectivity index (χ0n) is 14.4. The molecule has 2 aromatic rings. The molecule has 0 saturated carbocycles. The van der Waals surface area contributed by atoms with Crippen molar-refractivity contribution in [1.82, 2.24) is 24.5 Å². The van der Waals surface area contributed by atoms with Gasteiger partial charge in [-0.25, -0.2) is 9.78 Å². The number of amides is 1. The maximum absolute atomic E-state index is 12.1. The van der Waals surface area contributed by atoms with Crippen molar-refractivity contribution in [2.45, 2.75) is 33.3 Å². The third kappa shape index (κ3) is 3.34. The molecular weight excluding hydrogens is 312 g/mol. The molecule has 1 N–H and O–H groups in total. The Hall–Kier alpha value is -2.58. The summed E-state index contributed by atoms with van der Waals surface area (Å²) in [4.78, 5) is 36.3. The SMILES string of the molecule is Cc1cc(=O)n2[nH]c(N3CCN(C(=O)OC(C)(C)C)CC3)nc2n1. The first-order chi connectivity index (χ1) is 11.2. The number of piperazine rings is 1. The van der Waals surface area contributed by atoms with Gasteiger partial charge < -0.3 is 14.5 Å². The maximum atomic E-state index is 12.1. The summed E-state index contributed by atoms with van der Waals surface area (Å²) in [5.74, 6) is 0.929. The normalized spacial score (nSPS) is 15.8. The molecule has 9 heteroatoms. The van der Waals surface area contributed by atoms with E-state index >= 15 is 0 Å². The molecule has 1 saturated heterocycles. The molecule has 3 rings (SSSR count). The Balaban J connectivity index is 1.70. The average molecular weight is 334 g/mol. The lowest BCUT2D eigenvalue weighted by Crippen LogP contribution is -2.50. The Labute approximate surface area is 139 Å². The summed E-state index contributed by atoms with van der Waals surface area (Å²) in [7, 11) is 0. The molecule has 0 aliphatic carbocycles. The van der Waals surface area contributed by atoms with Crippen LogP contribution in [-0.2, 0) is 4.74 Å². The Bertz CT molecular complexity index is 811. The number of anilines is 1. The van der Waals surface area contributed by atoms with Gasteiger partial charge in [-0.3, -0.25) is 9.89 Å². The van der Waals surface area contributed by atoms with Gasteiger partial charge in [0.2, 0.25) is 5.95 Å². The summed E-state index contributed by atoms with van der Waals surface area (Å²) in [5.41, 5.74) is -0.0612. The molecule has 1 aliphatic heterocycles. The van der Waals surface area contributed by atoms with E-state index in [-0.39, 0.29) is 11.7 Å². The molecule has 0 atom stereocenters. The van der Waals surface area contributed by atoms with Crippen LogP contribution in [0.2, 0.25) is 0 Å². The third-order valence-corrected chi connectivity index (χ3v) is 3.68. The van der Waals surface area contributed by atoms with Crippen LogP contribution in [-0.4, -0.2) is 62.4 Å². The highest BCUT2D eigenvalue weighted by Gasteiger charge is 2.27. The van der Waals surface area contributed by atoms with Gasteiger partial charge >= 0.3 is 6.09 Å². The van der Waals surface area contributed by atoms with Gasteiger partial charge in [0.05, 0.1) is 0 Å². The number of carbonyl (C=O) groups is 1. The molecule has 0 radical (unpaired) electrons. The van der Waals surface area contributed by atoms with Crippen LogP contribution in [0.25, 0.3) is 5.78 Å². The molecule has 1 amide bonds. The van der Waals surface area contributed by atoms with Crippen LogP contribution in [0.1, 0.15) is 26.5 Å². The van der Waals surface area contributed by atoms with Crippen molar-refractivity contribution in [3.63, 3.8) is 0 Å². The Morgan fingerprint density at radius 2 is 1.88 bits per heavy atom. The number of nitrogens with zero attached hydrogens (tertiary/aromatic N) is 5. The molecule has 130 valence electrons. The van der Waals surface area contributed by atoms with Gasteiger partial charge in [-0.15, -0.1) is 0 Å². The minimum atomic E-state index is -0.502. The second-order valence-corrected chi connectivity index (χ2v) is 6.87. The van der Waals surface area contributed by atoms with E-state index in [0.29, 0.717) is 43.6 Å². The van der Waals surface area contributed by atoms with Crippen LogP contribution in [0.15, 0.2) is 10.9 Å². The van der Waals surface area contributed by atoms with Crippen LogP contribution in [0.5, 0.6) is 0 Å². The van der Waals surface area contributed by atoms with E-state index in [0.717, 1.165) is 0 Å². The molecule has 2 aromatic heterocycles. The zero-order valence-corrected chi connectivity index (χ0v) is 14.4. The number of aromatic amines is 1. The molecular formula is C15H22N6O3. The molecule has 9 nitrogen and oxygen atoms in total. The lowest BCUT2D eigenvalue weighted by molar-refractivity contribution is 0.0240. The molecule has 1 fully saturated rings. The average Bonchev–Trinajstić information content (AvgIpc) is 2.90. The van der Waals surface area contributed by atoms with E-state index in [9.17, 15) is 9.59 Å². The molecule has 0 unspecified atom stereocenters. The van der Waals surface area contributed by atoms with E-state index in [1.165, 1.54) is 10.6 Å². The minimum absolute atomic E-state index is 0.191. The molecule has 24 heavy (non-hydrogen) atoms. The predicted molar refractivity (Wildman–Crippen MR) is 88.4 cm³/mol. The molecule has 0 spiro atoms. The van der Waals surface area contributed by atoms with Gasteiger partial charge in [0, 0.05) is 37.9 Å². The van der Waals surface area contributed by atoms with E-state index < -0.39 is 5.60 Å². The lowest BCUT2D eigenvalue weighted by atomic mass is 10.2. The van der Waals surface area contributed by atoms with Crippen molar-refractivity contribution in [2.75, 3.05) is 31.1 Å². The first-order valence-corrected chi connectivity index (χ1v) is 7.92. The number of hydrogen-bond donors (Lipinski definition) is 1. The lowest BCUT2D eigenvalue weighted by Gasteiger charge is -2.35. The molecule has 3 heterocycles.